The highest BCUT2D eigenvalue weighted by Crippen LogP contribution is 2.15. The first kappa shape index (κ1) is 18.9. The van der Waals surface area contributed by atoms with Gasteiger partial charge in [0, 0.05) is 0 Å². The van der Waals surface area contributed by atoms with E-state index in [-0.39, 0.29) is 23.8 Å². The minimum Gasteiger partial charge on any atom is -0.465 e. The van der Waals surface area contributed by atoms with Crippen molar-refractivity contribution in [3.05, 3.63) is 0 Å². The molecule has 0 aliphatic carbocycles. The molecule has 4 heteroatoms. The van der Waals surface area contributed by atoms with Crippen LogP contribution >= 0.6 is 0 Å². The van der Waals surface area contributed by atoms with Crippen molar-refractivity contribution in [3.63, 3.8) is 0 Å². The molecule has 0 fully saturated rings. The van der Waals surface area contributed by atoms with Crippen LogP contribution in [-0.4, -0.2) is 25.2 Å². The average molecular weight is 286 g/mol. The number of rotatable bonds is 11. The minimum atomic E-state index is -0.162. The monoisotopic (exact) mass is 286 g/mol. The van der Waals surface area contributed by atoms with Gasteiger partial charge >= 0.3 is 11.9 Å². The van der Waals surface area contributed by atoms with Gasteiger partial charge in [0.05, 0.1) is 25.0 Å². The van der Waals surface area contributed by atoms with E-state index in [1.54, 1.807) is 0 Å². The number of carbonyl (C=O) groups is 2. The van der Waals surface area contributed by atoms with Gasteiger partial charge in [-0.3, -0.25) is 9.59 Å². The first-order chi connectivity index (χ1) is 9.52. The Kier molecular flexibility index (Phi) is 11.1. The second-order valence-corrected chi connectivity index (χ2v) is 5.42. The maximum absolute atomic E-state index is 11.7. The highest BCUT2D eigenvalue weighted by atomic mass is 16.5. The second-order valence-electron chi connectivity index (χ2n) is 5.42. The van der Waals surface area contributed by atoms with E-state index in [0.29, 0.717) is 26.1 Å². The van der Waals surface area contributed by atoms with Crippen LogP contribution in [0.4, 0.5) is 0 Å². The normalized spacial score (nSPS) is 13.6. The Hall–Kier alpha value is -1.06. The molecule has 4 nitrogen and oxygen atoms in total. The van der Waals surface area contributed by atoms with E-state index in [1.165, 1.54) is 0 Å². The maximum Gasteiger partial charge on any atom is 0.308 e. The van der Waals surface area contributed by atoms with Crippen LogP contribution in [0.15, 0.2) is 0 Å². The fourth-order valence-electron chi connectivity index (χ4n) is 1.65. The van der Waals surface area contributed by atoms with E-state index in [1.807, 2.05) is 13.8 Å². The van der Waals surface area contributed by atoms with E-state index in [9.17, 15) is 9.59 Å². The van der Waals surface area contributed by atoms with E-state index in [4.69, 9.17) is 9.47 Å². The number of hydrogen-bond donors (Lipinski definition) is 0. The van der Waals surface area contributed by atoms with Crippen LogP contribution in [0.25, 0.3) is 0 Å². The minimum absolute atomic E-state index is 0.155. The summed E-state index contributed by atoms with van der Waals surface area (Å²) >= 11 is 0. The van der Waals surface area contributed by atoms with Gasteiger partial charge in [0.2, 0.25) is 0 Å². The fourth-order valence-corrected chi connectivity index (χ4v) is 1.65. The summed E-state index contributed by atoms with van der Waals surface area (Å²) in [5.41, 5.74) is 0. The molecule has 0 bridgehead atoms. The molecule has 0 heterocycles. The molecule has 0 rings (SSSR count). The predicted octanol–water partition coefficient (Wildman–Crippen LogP) is 3.73. The Morgan fingerprint density at radius 2 is 1.15 bits per heavy atom. The third kappa shape index (κ3) is 8.94. The quantitative estimate of drug-likeness (QED) is 0.429. The molecule has 0 amide bonds. The fraction of sp³-hybridized carbons (Fsp3) is 0.875. The Labute approximate surface area is 123 Å². The Balaban J connectivity index is 3.83. The summed E-state index contributed by atoms with van der Waals surface area (Å²) in [6, 6.07) is 0. The molecule has 0 aliphatic rings. The number of carbonyl (C=O) groups excluding carboxylic acids is 2. The molecule has 20 heavy (non-hydrogen) atoms. The highest BCUT2D eigenvalue weighted by Gasteiger charge is 2.19. The van der Waals surface area contributed by atoms with Gasteiger partial charge in [0.1, 0.15) is 0 Å². The Bertz CT molecular complexity index is 248. The van der Waals surface area contributed by atoms with Crippen molar-refractivity contribution < 1.29 is 19.1 Å². The molecule has 0 saturated heterocycles. The number of ether oxygens (including phenoxy) is 2. The molecule has 0 aromatic heterocycles. The molecule has 0 N–H and O–H groups in total. The lowest BCUT2D eigenvalue weighted by molar-refractivity contribution is -0.151. The van der Waals surface area contributed by atoms with Crippen molar-refractivity contribution in [2.75, 3.05) is 13.2 Å². The molecule has 0 aromatic rings. The van der Waals surface area contributed by atoms with Crippen LogP contribution in [0.2, 0.25) is 0 Å². The van der Waals surface area contributed by atoms with Gasteiger partial charge < -0.3 is 9.47 Å². The maximum atomic E-state index is 11.7. The SMILES string of the molecule is CCCCOC(=O)C(C)CCC(C)C(=O)OCCCC. The molecule has 0 saturated carbocycles. The van der Waals surface area contributed by atoms with Gasteiger partial charge in [-0.25, -0.2) is 0 Å². The topological polar surface area (TPSA) is 52.6 Å². The zero-order valence-electron chi connectivity index (χ0n) is 13.4. The molecular weight excluding hydrogens is 256 g/mol. The summed E-state index contributed by atoms with van der Waals surface area (Å²) in [6.45, 7) is 8.81. The lowest BCUT2D eigenvalue weighted by atomic mass is 9.98. The zero-order chi connectivity index (χ0) is 15.4. The van der Waals surface area contributed by atoms with Crippen LogP contribution in [0.3, 0.4) is 0 Å². The first-order valence-electron chi connectivity index (χ1n) is 7.86. The average Bonchev–Trinajstić information content (AvgIpc) is 2.44. The van der Waals surface area contributed by atoms with Gasteiger partial charge in [-0.05, 0) is 25.7 Å². The largest absolute Gasteiger partial charge is 0.465 e. The summed E-state index contributed by atoms with van der Waals surface area (Å²) in [7, 11) is 0. The molecule has 0 spiro atoms. The summed E-state index contributed by atoms with van der Waals surface area (Å²) in [4.78, 5) is 23.3. The van der Waals surface area contributed by atoms with Gasteiger partial charge in [0.25, 0.3) is 0 Å². The van der Waals surface area contributed by atoms with Gasteiger partial charge in [-0.15, -0.1) is 0 Å². The molecule has 2 unspecified atom stereocenters. The molecule has 0 aliphatic heterocycles. The molecule has 118 valence electrons. The van der Waals surface area contributed by atoms with Gasteiger partial charge in [-0.1, -0.05) is 40.5 Å². The third-order valence-corrected chi connectivity index (χ3v) is 3.32. The number of hydrogen-bond acceptors (Lipinski definition) is 4. The smallest absolute Gasteiger partial charge is 0.308 e. The van der Waals surface area contributed by atoms with Crippen LogP contribution in [0.1, 0.15) is 66.2 Å². The Morgan fingerprint density at radius 3 is 1.45 bits per heavy atom. The van der Waals surface area contributed by atoms with Crippen molar-refractivity contribution in [3.8, 4) is 0 Å². The standard InChI is InChI=1S/C16H30O4/c1-5-7-11-19-15(17)13(3)9-10-14(4)16(18)20-12-8-6-2/h13-14H,5-12H2,1-4H3. The van der Waals surface area contributed by atoms with Crippen LogP contribution < -0.4 is 0 Å². The summed E-state index contributed by atoms with van der Waals surface area (Å²) in [6.07, 6.45) is 5.16. The van der Waals surface area contributed by atoms with Crippen LogP contribution in [-0.2, 0) is 19.1 Å². The van der Waals surface area contributed by atoms with Gasteiger partial charge in [0.15, 0.2) is 0 Å². The van der Waals surface area contributed by atoms with Crippen molar-refractivity contribution in [2.45, 2.75) is 66.2 Å². The number of unbranched alkanes of at least 4 members (excludes halogenated alkanes) is 2. The van der Waals surface area contributed by atoms with Crippen molar-refractivity contribution in [1.29, 1.82) is 0 Å². The summed E-state index contributed by atoms with van der Waals surface area (Å²) in [5, 5.41) is 0. The Morgan fingerprint density at radius 1 is 0.800 bits per heavy atom. The predicted molar refractivity (Wildman–Crippen MR) is 79.3 cm³/mol. The lowest BCUT2D eigenvalue weighted by Gasteiger charge is -2.14. The lowest BCUT2D eigenvalue weighted by Crippen LogP contribution is -2.20. The first-order valence-corrected chi connectivity index (χ1v) is 7.86. The second kappa shape index (κ2) is 11.7. The highest BCUT2D eigenvalue weighted by molar-refractivity contribution is 5.73. The molecule has 2 atom stereocenters. The van der Waals surface area contributed by atoms with Gasteiger partial charge in [-0.2, -0.15) is 0 Å². The van der Waals surface area contributed by atoms with E-state index >= 15 is 0 Å². The van der Waals surface area contributed by atoms with E-state index in [2.05, 4.69) is 13.8 Å². The van der Waals surface area contributed by atoms with Crippen LogP contribution in [0, 0.1) is 11.8 Å². The molecular formula is C16H30O4. The van der Waals surface area contributed by atoms with E-state index in [0.717, 1.165) is 25.7 Å². The zero-order valence-corrected chi connectivity index (χ0v) is 13.4. The summed E-state index contributed by atoms with van der Waals surface area (Å²) in [5.74, 6) is -0.634. The van der Waals surface area contributed by atoms with Crippen molar-refractivity contribution in [2.24, 2.45) is 11.8 Å². The van der Waals surface area contributed by atoms with E-state index < -0.39 is 0 Å². The molecule has 0 aromatic carbocycles. The van der Waals surface area contributed by atoms with Crippen molar-refractivity contribution in [1.82, 2.24) is 0 Å². The summed E-state index contributed by atoms with van der Waals surface area (Å²) < 4.78 is 10.3. The number of esters is 2. The van der Waals surface area contributed by atoms with Crippen LogP contribution in [0.5, 0.6) is 0 Å². The van der Waals surface area contributed by atoms with Crippen molar-refractivity contribution >= 4 is 11.9 Å². The third-order valence-electron chi connectivity index (χ3n) is 3.32. The molecule has 0 radical (unpaired) electrons.